The Hall–Kier alpha value is -0.410. The molecule has 0 aromatic carbocycles. The number of hydrogen-bond donors (Lipinski definition) is 1. The summed E-state index contributed by atoms with van der Waals surface area (Å²) in [5.41, 5.74) is 1.26. The first-order valence-electron chi connectivity index (χ1n) is 5.86. The molecule has 15 heavy (non-hydrogen) atoms. The van der Waals surface area contributed by atoms with Gasteiger partial charge in [0.05, 0.1) is 10.7 Å². The van der Waals surface area contributed by atoms with Crippen molar-refractivity contribution < 1.29 is 0 Å². The molecule has 3 heteroatoms. The summed E-state index contributed by atoms with van der Waals surface area (Å²) < 4.78 is 0. The van der Waals surface area contributed by atoms with E-state index in [0.29, 0.717) is 11.8 Å². The normalized spacial score (nSPS) is 22.3. The maximum absolute atomic E-state index is 4.68. The van der Waals surface area contributed by atoms with E-state index in [9.17, 15) is 0 Å². The van der Waals surface area contributed by atoms with Gasteiger partial charge in [-0.25, -0.2) is 4.98 Å². The van der Waals surface area contributed by atoms with Crippen LogP contribution in [0.3, 0.4) is 0 Å². The monoisotopic (exact) mass is 224 g/mol. The third kappa shape index (κ3) is 2.40. The fourth-order valence-electron chi connectivity index (χ4n) is 2.13. The Morgan fingerprint density at radius 2 is 2.27 bits per heavy atom. The summed E-state index contributed by atoms with van der Waals surface area (Å²) in [6.45, 7) is 8.93. The Labute approximate surface area is 96.1 Å². The van der Waals surface area contributed by atoms with Crippen LogP contribution in [0.1, 0.15) is 54.1 Å². The second kappa shape index (κ2) is 4.62. The number of rotatable bonds is 2. The summed E-state index contributed by atoms with van der Waals surface area (Å²) in [4.78, 5) is 6.20. The van der Waals surface area contributed by atoms with Crippen molar-refractivity contribution in [1.82, 2.24) is 10.3 Å². The van der Waals surface area contributed by atoms with Crippen LogP contribution in [0.25, 0.3) is 0 Å². The molecule has 1 aliphatic rings. The molecule has 1 aliphatic heterocycles. The van der Waals surface area contributed by atoms with Gasteiger partial charge in [-0.1, -0.05) is 13.8 Å². The minimum absolute atomic E-state index is 0.569. The standard InChI is InChI=1S/C12H20N2S/c1-8(2)12-14-9(3)11(15-12)10-5-4-6-13-7-10/h8,10,13H,4-7H2,1-3H3. The van der Waals surface area contributed by atoms with Crippen molar-refractivity contribution >= 4 is 11.3 Å². The minimum Gasteiger partial charge on any atom is -0.316 e. The molecule has 1 aromatic heterocycles. The minimum atomic E-state index is 0.569. The lowest BCUT2D eigenvalue weighted by Crippen LogP contribution is -2.28. The zero-order valence-corrected chi connectivity index (χ0v) is 10.7. The van der Waals surface area contributed by atoms with Gasteiger partial charge in [0.2, 0.25) is 0 Å². The molecule has 84 valence electrons. The van der Waals surface area contributed by atoms with E-state index >= 15 is 0 Å². The van der Waals surface area contributed by atoms with Crippen LogP contribution >= 0.6 is 11.3 Å². The van der Waals surface area contributed by atoms with Gasteiger partial charge in [-0.3, -0.25) is 0 Å². The Bertz CT molecular complexity index is 324. The van der Waals surface area contributed by atoms with Crippen LogP contribution in [0.2, 0.25) is 0 Å². The Morgan fingerprint density at radius 1 is 1.47 bits per heavy atom. The first-order valence-corrected chi connectivity index (χ1v) is 6.68. The van der Waals surface area contributed by atoms with Crippen molar-refractivity contribution in [1.29, 1.82) is 0 Å². The second-order valence-corrected chi connectivity index (χ2v) is 5.76. The van der Waals surface area contributed by atoms with Gasteiger partial charge in [-0.05, 0) is 26.3 Å². The van der Waals surface area contributed by atoms with Crippen LogP contribution in [0.15, 0.2) is 0 Å². The maximum Gasteiger partial charge on any atom is 0.0956 e. The van der Waals surface area contributed by atoms with Gasteiger partial charge in [0.1, 0.15) is 0 Å². The lowest BCUT2D eigenvalue weighted by molar-refractivity contribution is 0.464. The highest BCUT2D eigenvalue weighted by atomic mass is 32.1. The molecule has 1 unspecified atom stereocenters. The summed E-state index contributed by atoms with van der Waals surface area (Å²) in [5, 5.41) is 4.78. The summed E-state index contributed by atoms with van der Waals surface area (Å²) in [6.07, 6.45) is 2.63. The van der Waals surface area contributed by atoms with E-state index in [2.05, 4.69) is 31.1 Å². The maximum atomic E-state index is 4.68. The first kappa shape index (κ1) is 11.1. The van der Waals surface area contributed by atoms with E-state index in [-0.39, 0.29) is 0 Å². The summed E-state index contributed by atoms with van der Waals surface area (Å²) in [6, 6.07) is 0. The number of aromatic nitrogens is 1. The molecule has 1 saturated heterocycles. The number of hydrogen-bond acceptors (Lipinski definition) is 3. The number of nitrogens with one attached hydrogen (secondary N) is 1. The molecule has 0 spiro atoms. The fourth-order valence-corrected chi connectivity index (χ4v) is 3.34. The smallest absolute Gasteiger partial charge is 0.0956 e. The second-order valence-electron chi connectivity index (χ2n) is 4.70. The van der Waals surface area contributed by atoms with Gasteiger partial charge in [0.15, 0.2) is 0 Å². The van der Waals surface area contributed by atoms with Crippen molar-refractivity contribution in [2.45, 2.75) is 45.4 Å². The highest BCUT2D eigenvalue weighted by Gasteiger charge is 2.21. The zero-order valence-electron chi connectivity index (χ0n) is 9.84. The third-order valence-electron chi connectivity index (χ3n) is 3.01. The Morgan fingerprint density at radius 3 is 2.80 bits per heavy atom. The Balaban J connectivity index is 2.19. The highest BCUT2D eigenvalue weighted by molar-refractivity contribution is 7.11. The molecule has 2 heterocycles. The molecule has 1 fully saturated rings. The average Bonchev–Trinajstić information content (AvgIpc) is 2.62. The predicted octanol–water partition coefficient (Wildman–Crippen LogP) is 3.04. The van der Waals surface area contributed by atoms with E-state index in [1.807, 2.05) is 11.3 Å². The molecule has 0 bridgehead atoms. The third-order valence-corrected chi connectivity index (χ3v) is 4.63. The molecule has 0 saturated carbocycles. The van der Waals surface area contributed by atoms with Crippen LogP contribution in [-0.4, -0.2) is 18.1 Å². The average molecular weight is 224 g/mol. The van der Waals surface area contributed by atoms with E-state index in [4.69, 9.17) is 0 Å². The van der Waals surface area contributed by atoms with Crippen LogP contribution in [0, 0.1) is 6.92 Å². The van der Waals surface area contributed by atoms with Crippen molar-refractivity contribution in [3.63, 3.8) is 0 Å². The van der Waals surface area contributed by atoms with Gasteiger partial charge >= 0.3 is 0 Å². The van der Waals surface area contributed by atoms with E-state index < -0.39 is 0 Å². The fraction of sp³-hybridized carbons (Fsp3) is 0.750. The zero-order chi connectivity index (χ0) is 10.8. The molecule has 2 rings (SSSR count). The van der Waals surface area contributed by atoms with Gasteiger partial charge in [-0.2, -0.15) is 0 Å². The van der Waals surface area contributed by atoms with Gasteiger partial charge in [-0.15, -0.1) is 11.3 Å². The lowest BCUT2D eigenvalue weighted by Gasteiger charge is -2.21. The number of nitrogens with zero attached hydrogens (tertiary/aromatic N) is 1. The topological polar surface area (TPSA) is 24.9 Å². The number of piperidine rings is 1. The van der Waals surface area contributed by atoms with Crippen molar-refractivity contribution in [3.05, 3.63) is 15.6 Å². The molecule has 1 N–H and O–H groups in total. The SMILES string of the molecule is Cc1nc(C(C)C)sc1C1CCCNC1. The predicted molar refractivity (Wildman–Crippen MR) is 65.8 cm³/mol. The van der Waals surface area contributed by atoms with Crippen LogP contribution in [0.4, 0.5) is 0 Å². The lowest BCUT2D eigenvalue weighted by atomic mass is 9.97. The van der Waals surface area contributed by atoms with Gasteiger partial charge < -0.3 is 5.32 Å². The van der Waals surface area contributed by atoms with Crippen molar-refractivity contribution in [3.8, 4) is 0 Å². The largest absolute Gasteiger partial charge is 0.316 e. The van der Waals surface area contributed by atoms with Crippen molar-refractivity contribution in [2.75, 3.05) is 13.1 Å². The first-order chi connectivity index (χ1) is 7.18. The molecule has 1 atom stereocenters. The van der Waals surface area contributed by atoms with Crippen molar-refractivity contribution in [2.24, 2.45) is 0 Å². The molecular weight excluding hydrogens is 204 g/mol. The van der Waals surface area contributed by atoms with E-state index in [1.54, 1.807) is 0 Å². The van der Waals surface area contributed by atoms with Gasteiger partial charge in [0.25, 0.3) is 0 Å². The van der Waals surface area contributed by atoms with E-state index in [1.165, 1.54) is 35.0 Å². The van der Waals surface area contributed by atoms with Gasteiger partial charge in [0, 0.05) is 23.3 Å². The molecule has 1 aromatic rings. The molecule has 0 radical (unpaired) electrons. The summed E-state index contributed by atoms with van der Waals surface area (Å²) in [5.74, 6) is 1.28. The van der Waals surface area contributed by atoms with Crippen LogP contribution in [0.5, 0.6) is 0 Å². The van der Waals surface area contributed by atoms with Crippen LogP contribution in [-0.2, 0) is 0 Å². The Kier molecular flexibility index (Phi) is 3.42. The molecule has 2 nitrogen and oxygen atoms in total. The molecule has 0 amide bonds. The quantitative estimate of drug-likeness (QED) is 0.835. The molecule has 0 aliphatic carbocycles. The van der Waals surface area contributed by atoms with Crippen LogP contribution < -0.4 is 5.32 Å². The number of thiazole rings is 1. The number of aryl methyl sites for hydroxylation is 1. The summed E-state index contributed by atoms with van der Waals surface area (Å²) in [7, 11) is 0. The van der Waals surface area contributed by atoms with E-state index in [0.717, 1.165) is 6.54 Å². The highest BCUT2D eigenvalue weighted by Crippen LogP contribution is 2.33. The summed E-state index contributed by atoms with van der Waals surface area (Å²) >= 11 is 1.92. The molecular formula is C12H20N2S.